The summed E-state index contributed by atoms with van der Waals surface area (Å²) in [7, 11) is 0. The van der Waals surface area contributed by atoms with Crippen molar-refractivity contribution in [2.24, 2.45) is 10.1 Å². The molecule has 0 aliphatic carbocycles. The van der Waals surface area contributed by atoms with Crippen LogP contribution in [0.25, 0.3) is 0 Å². The Morgan fingerprint density at radius 2 is 2.23 bits per heavy atom. The highest BCUT2D eigenvalue weighted by molar-refractivity contribution is 6.35. The molecule has 0 amide bonds. The Morgan fingerprint density at radius 3 is 2.86 bits per heavy atom. The molecule has 124 valence electrons. The molecule has 0 saturated carbocycles. The van der Waals surface area contributed by atoms with Crippen LogP contribution in [0.5, 0.6) is 0 Å². The number of hydrogen-bond donors (Lipinski definition) is 1. The van der Waals surface area contributed by atoms with Crippen molar-refractivity contribution < 1.29 is 27.4 Å². The van der Waals surface area contributed by atoms with Gasteiger partial charge in [-0.2, -0.15) is 18.3 Å². The zero-order chi connectivity index (χ0) is 16.2. The van der Waals surface area contributed by atoms with E-state index < -0.39 is 17.9 Å². The van der Waals surface area contributed by atoms with Crippen LogP contribution < -0.4 is 5.43 Å². The minimum Gasteiger partial charge on any atom is -0.425 e. The number of nitrogens with one attached hydrogen (secondary N) is 1. The van der Waals surface area contributed by atoms with Gasteiger partial charge in [0.05, 0.1) is 26.0 Å². The van der Waals surface area contributed by atoms with Gasteiger partial charge in [-0.05, 0) is 0 Å². The van der Waals surface area contributed by atoms with Crippen LogP contribution in [0, 0.1) is 0 Å². The summed E-state index contributed by atoms with van der Waals surface area (Å²) in [6.07, 6.45) is -3.81. The Morgan fingerprint density at radius 1 is 1.55 bits per heavy atom. The van der Waals surface area contributed by atoms with E-state index in [1.165, 1.54) is 13.1 Å². The average Bonchev–Trinajstić information content (AvgIpc) is 2.80. The molecular formula is C12H17F3N4O3. The quantitative estimate of drug-likeness (QED) is 0.747. The molecule has 7 nitrogen and oxygen atoms in total. The summed E-state index contributed by atoms with van der Waals surface area (Å²) in [6, 6.07) is 0. The van der Waals surface area contributed by atoms with Crippen LogP contribution in [-0.4, -0.2) is 74.1 Å². The summed E-state index contributed by atoms with van der Waals surface area (Å²) >= 11 is 0. The largest absolute Gasteiger partial charge is 0.491 e. The molecule has 1 unspecified atom stereocenters. The zero-order valence-electron chi connectivity index (χ0n) is 12.0. The van der Waals surface area contributed by atoms with E-state index in [1.54, 1.807) is 0 Å². The molecule has 0 aromatic carbocycles. The first kappa shape index (κ1) is 16.7. The highest BCUT2D eigenvalue weighted by Gasteiger charge is 2.47. The summed E-state index contributed by atoms with van der Waals surface area (Å²) in [5.74, 6) is -2.28. The number of carbonyl (C=O) groups is 1. The predicted molar refractivity (Wildman–Crippen MR) is 71.7 cm³/mol. The van der Waals surface area contributed by atoms with E-state index in [1.807, 2.05) is 0 Å². The van der Waals surface area contributed by atoms with E-state index >= 15 is 0 Å². The second-order valence-corrected chi connectivity index (χ2v) is 5.01. The molecule has 1 fully saturated rings. The van der Waals surface area contributed by atoms with Gasteiger partial charge in [0.1, 0.15) is 5.71 Å². The first-order valence-corrected chi connectivity index (χ1v) is 6.77. The third-order valence-corrected chi connectivity index (χ3v) is 3.28. The summed E-state index contributed by atoms with van der Waals surface area (Å²) in [5, 5.41) is 3.63. The topological polar surface area (TPSA) is 75.5 Å². The lowest BCUT2D eigenvalue weighted by Crippen LogP contribution is -2.49. The summed E-state index contributed by atoms with van der Waals surface area (Å²) in [6.45, 7) is 5.17. The number of hydrogen-bond acceptors (Lipinski definition) is 7. The fourth-order valence-electron chi connectivity index (χ4n) is 2.04. The van der Waals surface area contributed by atoms with Gasteiger partial charge in [-0.25, -0.2) is 4.79 Å². The predicted octanol–water partition coefficient (Wildman–Crippen LogP) is 0.170. The number of rotatable bonds is 4. The van der Waals surface area contributed by atoms with Gasteiger partial charge >= 0.3 is 12.1 Å². The second-order valence-electron chi connectivity index (χ2n) is 5.01. The van der Waals surface area contributed by atoms with E-state index in [4.69, 9.17) is 4.74 Å². The zero-order valence-corrected chi connectivity index (χ0v) is 12.0. The van der Waals surface area contributed by atoms with Crippen LogP contribution in [0.1, 0.15) is 6.92 Å². The fraction of sp³-hybridized carbons (Fsp3) is 0.750. The smallest absolute Gasteiger partial charge is 0.425 e. The van der Waals surface area contributed by atoms with Gasteiger partial charge in [0.25, 0.3) is 0 Å². The van der Waals surface area contributed by atoms with Crippen LogP contribution in [0.15, 0.2) is 10.1 Å². The maximum Gasteiger partial charge on any atom is 0.491 e. The van der Waals surface area contributed by atoms with Gasteiger partial charge in [0, 0.05) is 26.6 Å². The van der Waals surface area contributed by atoms with Crippen LogP contribution in [0.4, 0.5) is 13.2 Å². The van der Waals surface area contributed by atoms with Crippen LogP contribution in [0.3, 0.4) is 0 Å². The van der Waals surface area contributed by atoms with Crippen molar-refractivity contribution in [3.05, 3.63) is 0 Å². The molecular weight excluding hydrogens is 305 g/mol. The lowest BCUT2D eigenvalue weighted by Gasteiger charge is -2.27. The number of ether oxygens (including phenoxy) is 2. The molecule has 0 bridgehead atoms. The van der Waals surface area contributed by atoms with Gasteiger partial charge in [0.2, 0.25) is 5.72 Å². The van der Waals surface area contributed by atoms with Crippen molar-refractivity contribution in [2.75, 3.05) is 39.4 Å². The summed E-state index contributed by atoms with van der Waals surface area (Å²) < 4.78 is 46.5. The molecule has 0 radical (unpaired) electrons. The van der Waals surface area contributed by atoms with Crippen LogP contribution in [0.2, 0.25) is 0 Å². The lowest BCUT2D eigenvalue weighted by atomic mass is 10.1. The first-order chi connectivity index (χ1) is 10.3. The van der Waals surface area contributed by atoms with E-state index in [9.17, 15) is 18.0 Å². The van der Waals surface area contributed by atoms with Gasteiger partial charge < -0.3 is 9.47 Å². The van der Waals surface area contributed by atoms with Gasteiger partial charge in [-0.1, -0.05) is 0 Å². The molecule has 1 saturated heterocycles. The van der Waals surface area contributed by atoms with E-state index in [-0.39, 0.29) is 5.71 Å². The Kier molecular flexibility index (Phi) is 5.01. The number of halogens is 3. The Balaban J connectivity index is 1.92. The fourth-order valence-corrected chi connectivity index (χ4v) is 2.04. The van der Waals surface area contributed by atoms with Crippen molar-refractivity contribution >= 4 is 17.9 Å². The average molecular weight is 322 g/mol. The minimum absolute atomic E-state index is 0.151. The lowest BCUT2D eigenvalue weighted by molar-refractivity contribution is -0.209. The highest BCUT2D eigenvalue weighted by Crippen LogP contribution is 2.22. The van der Waals surface area contributed by atoms with Gasteiger partial charge in [0.15, 0.2) is 0 Å². The van der Waals surface area contributed by atoms with Gasteiger partial charge in [-0.3, -0.25) is 15.3 Å². The van der Waals surface area contributed by atoms with Crippen LogP contribution >= 0.6 is 0 Å². The Hall–Kier alpha value is -1.68. The number of esters is 1. The molecule has 0 aromatic heterocycles. The standard InChI is InChI=1S/C12H17F3N4O3/c1-11(22-10(20)12(13,14)15)9(8-17-18-11)16-2-3-19-4-6-21-7-5-19/h8,18H,2-7H2,1H3. The second kappa shape index (κ2) is 6.61. The van der Waals surface area contributed by atoms with Crippen molar-refractivity contribution in [2.45, 2.75) is 18.8 Å². The van der Waals surface area contributed by atoms with Crippen molar-refractivity contribution in [1.29, 1.82) is 0 Å². The molecule has 2 rings (SSSR count). The van der Waals surface area contributed by atoms with Gasteiger partial charge in [-0.15, -0.1) is 0 Å². The molecule has 1 atom stereocenters. The third-order valence-electron chi connectivity index (χ3n) is 3.28. The Labute approximate surface area is 125 Å². The molecule has 1 N–H and O–H groups in total. The van der Waals surface area contributed by atoms with Crippen molar-refractivity contribution in [1.82, 2.24) is 10.3 Å². The molecule has 2 aliphatic heterocycles. The molecule has 0 aromatic rings. The molecule has 10 heteroatoms. The number of hydrazone groups is 1. The molecule has 0 spiro atoms. The van der Waals surface area contributed by atoms with Crippen molar-refractivity contribution in [3.63, 3.8) is 0 Å². The molecule has 2 heterocycles. The highest BCUT2D eigenvalue weighted by atomic mass is 19.4. The molecule has 2 aliphatic rings. The first-order valence-electron chi connectivity index (χ1n) is 6.77. The minimum atomic E-state index is -5.06. The number of nitrogens with zero attached hydrogens (tertiary/aromatic N) is 3. The van der Waals surface area contributed by atoms with E-state index in [0.29, 0.717) is 26.3 Å². The summed E-state index contributed by atoms with van der Waals surface area (Å²) in [5.41, 5.74) is 0.791. The van der Waals surface area contributed by atoms with Crippen LogP contribution in [-0.2, 0) is 14.3 Å². The maximum atomic E-state index is 12.3. The van der Waals surface area contributed by atoms with Crippen molar-refractivity contribution in [3.8, 4) is 0 Å². The number of aliphatic imine (C=N–C) groups is 1. The number of carbonyl (C=O) groups excluding carboxylic acids is 1. The molecule has 22 heavy (non-hydrogen) atoms. The summed E-state index contributed by atoms with van der Waals surface area (Å²) in [4.78, 5) is 17.3. The normalized spacial score (nSPS) is 27.9. The third kappa shape index (κ3) is 4.17. The number of alkyl halides is 3. The SMILES string of the molecule is CC1(OC(=O)C(F)(F)F)NN=CC1=NCCN1CCOCC1. The Bertz CT molecular complexity index is 475. The van der Waals surface area contributed by atoms with E-state index in [0.717, 1.165) is 13.1 Å². The maximum absolute atomic E-state index is 12.3. The number of morpholine rings is 1. The van der Waals surface area contributed by atoms with E-state index in [2.05, 4.69) is 25.2 Å². The monoisotopic (exact) mass is 322 g/mol.